The summed E-state index contributed by atoms with van der Waals surface area (Å²) in [6.45, 7) is 2.09. The normalized spacial score (nSPS) is 18.3. The summed E-state index contributed by atoms with van der Waals surface area (Å²) >= 11 is 5.89. The van der Waals surface area contributed by atoms with Crippen molar-refractivity contribution >= 4 is 23.2 Å². The zero-order valence-electron chi connectivity index (χ0n) is 13.6. The van der Waals surface area contributed by atoms with Gasteiger partial charge in [-0.1, -0.05) is 35.9 Å². The minimum atomic E-state index is -0.666. The molecule has 2 aromatic carbocycles. The molecule has 0 aromatic heterocycles. The van der Waals surface area contributed by atoms with E-state index in [1.165, 1.54) is 12.7 Å². The Hall–Kier alpha value is -1.88. The van der Waals surface area contributed by atoms with Gasteiger partial charge < -0.3 is 15.4 Å². The van der Waals surface area contributed by atoms with Crippen LogP contribution >= 0.6 is 11.6 Å². The Kier molecular flexibility index (Phi) is 5.51. The Bertz CT molecular complexity index is 680. The number of carbonyl (C=O) groups excluding carboxylic acids is 1. The average Bonchev–Trinajstić information content (AvgIpc) is 3.12. The number of nitrogens with one attached hydrogen (secondary N) is 2. The number of halogens is 1. The molecule has 1 saturated heterocycles. The maximum Gasteiger partial charge on any atom is 0.258 e. The van der Waals surface area contributed by atoms with Gasteiger partial charge in [-0.15, -0.1) is 0 Å². The first-order chi connectivity index (χ1) is 11.7. The lowest BCUT2D eigenvalue weighted by atomic mass is 9.98. The van der Waals surface area contributed by atoms with Crippen LogP contribution in [0.25, 0.3) is 0 Å². The lowest BCUT2D eigenvalue weighted by Gasteiger charge is -2.16. The molecule has 0 bridgehead atoms. The van der Waals surface area contributed by atoms with Gasteiger partial charge in [0.15, 0.2) is 6.10 Å². The summed E-state index contributed by atoms with van der Waals surface area (Å²) in [6, 6.07) is 15.1. The van der Waals surface area contributed by atoms with E-state index in [1.54, 1.807) is 24.3 Å². The van der Waals surface area contributed by atoms with Crippen LogP contribution in [0.2, 0.25) is 5.02 Å². The van der Waals surface area contributed by atoms with E-state index in [-0.39, 0.29) is 5.91 Å². The second-order valence-corrected chi connectivity index (χ2v) is 6.40. The second kappa shape index (κ2) is 7.79. The van der Waals surface area contributed by atoms with Crippen LogP contribution in [-0.2, 0) is 9.53 Å². The highest BCUT2D eigenvalue weighted by atomic mass is 35.5. The first kappa shape index (κ1) is 17.0. The van der Waals surface area contributed by atoms with E-state index in [9.17, 15) is 4.79 Å². The van der Waals surface area contributed by atoms with Crippen LogP contribution in [-0.4, -0.2) is 26.1 Å². The minimum Gasteiger partial charge on any atom is -0.367 e. The number of amides is 1. The molecule has 126 valence electrons. The van der Waals surface area contributed by atoms with Crippen molar-refractivity contribution in [2.45, 2.75) is 18.4 Å². The highest BCUT2D eigenvalue weighted by molar-refractivity contribution is 6.30. The third-order valence-corrected chi connectivity index (χ3v) is 4.61. The minimum absolute atomic E-state index is 0.199. The van der Waals surface area contributed by atoms with Crippen LogP contribution in [0.4, 0.5) is 5.69 Å². The van der Waals surface area contributed by atoms with Crippen molar-refractivity contribution in [3.8, 4) is 0 Å². The molecule has 5 heteroatoms. The van der Waals surface area contributed by atoms with E-state index in [0.717, 1.165) is 30.8 Å². The number of benzene rings is 2. The molecule has 2 unspecified atom stereocenters. The number of carbonyl (C=O) groups is 1. The number of anilines is 1. The zero-order valence-corrected chi connectivity index (χ0v) is 14.3. The largest absolute Gasteiger partial charge is 0.367 e. The van der Waals surface area contributed by atoms with Crippen molar-refractivity contribution in [2.24, 2.45) is 0 Å². The standard InChI is InChI=1S/C19H21ClN2O2/c1-24-18(14-2-6-16(20)7-3-14)19(23)22-17-8-4-13(5-9-17)15-10-11-21-12-15/h2-9,15,18,21H,10-12H2,1H3,(H,22,23). The molecule has 0 saturated carbocycles. The Morgan fingerprint density at radius 1 is 1.21 bits per heavy atom. The van der Waals surface area contributed by atoms with Crippen LogP contribution in [0.15, 0.2) is 48.5 Å². The fourth-order valence-corrected chi connectivity index (χ4v) is 3.14. The number of rotatable bonds is 5. The average molecular weight is 345 g/mol. The lowest BCUT2D eigenvalue weighted by molar-refractivity contribution is -0.126. The summed E-state index contributed by atoms with van der Waals surface area (Å²) in [5.74, 6) is 0.366. The van der Waals surface area contributed by atoms with Crippen LogP contribution in [0.1, 0.15) is 29.6 Å². The number of ether oxygens (including phenoxy) is 1. The summed E-state index contributed by atoms with van der Waals surface area (Å²) in [4.78, 5) is 12.5. The monoisotopic (exact) mass is 344 g/mol. The lowest BCUT2D eigenvalue weighted by Crippen LogP contribution is -2.22. The van der Waals surface area contributed by atoms with Gasteiger partial charge in [-0.2, -0.15) is 0 Å². The van der Waals surface area contributed by atoms with Gasteiger partial charge >= 0.3 is 0 Å². The highest BCUT2D eigenvalue weighted by Gasteiger charge is 2.21. The number of methoxy groups -OCH3 is 1. The summed E-state index contributed by atoms with van der Waals surface area (Å²) in [5, 5.41) is 6.91. The van der Waals surface area contributed by atoms with Crippen LogP contribution in [0, 0.1) is 0 Å². The SMILES string of the molecule is COC(C(=O)Nc1ccc(C2CCNC2)cc1)c1ccc(Cl)cc1. The Morgan fingerprint density at radius 2 is 1.92 bits per heavy atom. The van der Waals surface area contributed by atoms with Gasteiger partial charge in [-0.25, -0.2) is 0 Å². The van der Waals surface area contributed by atoms with Gasteiger partial charge in [-0.3, -0.25) is 4.79 Å². The van der Waals surface area contributed by atoms with Crippen molar-refractivity contribution in [3.63, 3.8) is 0 Å². The van der Waals surface area contributed by atoms with Crippen molar-refractivity contribution in [3.05, 3.63) is 64.7 Å². The van der Waals surface area contributed by atoms with Crippen LogP contribution in [0.5, 0.6) is 0 Å². The molecule has 2 atom stereocenters. The number of hydrogen-bond donors (Lipinski definition) is 2. The van der Waals surface area contributed by atoms with Crippen molar-refractivity contribution in [2.75, 3.05) is 25.5 Å². The van der Waals surface area contributed by atoms with E-state index in [0.29, 0.717) is 10.9 Å². The van der Waals surface area contributed by atoms with Crippen LogP contribution in [0.3, 0.4) is 0 Å². The Balaban J connectivity index is 1.67. The molecule has 2 N–H and O–H groups in total. The molecule has 2 aromatic rings. The molecule has 3 rings (SSSR count). The van der Waals surface area contributed by atoms with E-state index < -0.39 is 6.10 Å². The zero-order chi connectivity index (χ0) is 16.9. The third kappa shape index (κ3) is 3.96. The highest BCUT2D eigenvalue weighted by Crippen LogP contribution is 2.25. The predicted molar refractivity (Wildman–Crippen MR) is 96.5 cm³/mol. The molecular formula is C19H21ClN2O2. The second-order valence-electron chi connectivity index (χ2n) is 5.97. The molecule has 1 heterocycles. The maximum atomic E-state index is 12.5. The maximum absolute atomic E-state index is 12.5. The predicted octanol–water partition coefficient (Wildman–Crippen LogP) is 3.74. The molecule has 0 aliphatic carbocycles. The molecule has 1 fully saturated rings. The van der Waals surface area contributed by atoms with Gasteiger partial charge in [-0.05, 0) is 54.3 Å². The molecule has 1 amide bonds. The van der Waals surface area contributed by atoms with Gasteiger partial charge in [0.05, 0.1) is 0 Å². The van der Waals surface area contributed by atoms with E-state index in [4.69, 9.17) is 16.3 Å². The topological polar surface area (TPSA) is 50.4 Å². The molecule has 1 aliphatic heterocycles. The van der Waals surface area contributed by atoms with Crippen molar-refractivity contribution in [1.29, 1.82) is 0 Å². The summed E-state index contributed by atoms with van der Waals surface area (Å²) in [5.41, 5.74) is 2.85. The quantitative estimate of drug-likeness (QED) is 0.868. The van der Waals surface area contributed by atoms with Crippen LogP contribution < -0.4 is 10.6 Å². The van der Waals surface area contributed by atoms with Gasteiger partial charge in [0, 0.05) is 24.4 Å². The first-order valence-electron chi connectivity index (χ1n) is 8.07. The van der Waals surface area contributed by atoms with Gasteiger partial charge in [0.1, 0.15) is 0 Å². The summed E-state index contributed by atoms with van der Waals surface area (Å²) in [6.07, 6.45) is 0.495. The smallest absolute Gasteiger partial charge is 0.258 e. The van der Waals surface area contributed by atoms with Crippen molar-refractivity contribution in [1.82, 2.24) is 5.32 Å². The molecule has 0 radical (unpaired) electrons. The fraction of sp³-hybridized carbons (Fsp3) is 0.316. The summed E-state index contributed by atoms with van der Waals surface area (Å²) < 4.78 is 5.35. The fourth-order valence-electron chi connectivity index (χ4n) is 3.02. The Labute approximate surface area is 147 Å². The third-order valence-electron chi connectivity index (χ3n) is 4.36. The Morgan fingerprint density at radius 3 is 2.50 bits per heavy atom. The van der Waals surface area contributed by atoms with E-state index in [2.05, 4.69) is 22.8 Å². The molecular weight excluding hydrogens is 324 g/mol. The van der Waals surface area contributed by atoms with Gasteiger partial charge in [0.25, 0.3) is 5.91 Å². The summed E-state index contributed by atoms with van der Waals surface area (Å²) in [7, 11) is 1.52. The first-order valence-corrected chi connectivity index (χ1v) is 8.45. The molecule has 24 heavy (non-hydrogen) atoms. The van der Waals surface area contributed by atoms with E-state index >= 15 is 0 Å². The van der Waals surface area contributed by atoms with Crippen molar-refractivity contribution < 1.29 is 9.53 Å². The van der Waals surface area contributed by atoms with E-state index in [1.807, 2.05) is 12.1 Å². The molecule has 1 aliphatic rings. The molecule has 0 spiro atoms. The molecule has 4 nitrogen and oxygen atoms in total. The van der Waals surface area contributed by atoms with Gasteiger partial charge in [0.2, 0.25) is 0 Å². The number of hydrogen-bond acceptors (Lipinski definition) is 3.